The molecule has 23 heavy (non-hydrogen) atoms. The Morgan fingerprint density at radius 3 is 2.65 bits per heavy atom. The van der Waals surface area contributed by atoms with Crippen LogP contribution in [-0.2, 0) is 14.4 Å². The molecular weight excluding hydrogens is 362 g/mol. The quantitative estimate of drug-likeness (QED) is 0.793. The highest BCUT2D eigenvalue weighted by Crippen LogP contribution is 2.37. The number of amides is 3. The number of nitrogens with one attached hydrogen (secondary N) is 1. The third kappa shape index (κ3) is 2.85. The lowest BCUT2D eigenvalue weighted by molar-refractivity contribution is -0.146. The number of fused-ring (bicyclic) bond motifs is 1. The first-order chi connectivity index (χ1) is 11.0. The minimum absolute atomic E-state index is 0.205. The molecule has 0 spiro atoms. The van der Waals surface area contributed by atoms with E-state index < -0.39 is 17.9 Å². The normalized spacial score (nSPS) is 19.9. The van der Waals surface area contributed by atoms with E-state index in [1.54, 1.807) is 4.90 Å². The summed E-state index contributed by atoms with van der Waals surface area (Å²) >= 11 is 3.39. The second kappa shape index (κ2) is 6.31. The van der Waals surface area contributed by atoms with E-state index in [9.17, 15) is 14.4 Å². The second-order valence-corrected chi connectivity index (χ2v) is 6.61. The number of nitrogens with zero attached hydrogens (tertiary/aromatic N) is 2. The summed E-state index contributed by atoms with van der Waals surface area (Å²) in [5, 5.41) is 2.61. The van der Waals surface area contributed by atoms with E-state index in [4.69, 9.17) is 0 Å². The molecule has 2 heterocycles. The number of carbonyl (C=O) groups is 3. The summed E-state index contributed by atoms with van der Waals surface area (Å²) in [5.41, 5.74) is 1.49. The first kappa shape index (κ1) is 16.0. The lowest BCUT2D eigenvalue weighted by Crippen LogP contribution is -2.45. The van der Waals surface area contributed by atoms with E-state index >= 15 is 0 Å². The minimum Gasteiger partial charge on any atom is -0.334 e. The van der Waals surface area contributed by atoms with Crippen LogP contribution in [0.1, 0.15) is 31.4 Å². The third-order valence-corrected chi connectivity index (χ3v) is 4.78. The zero-order chi connectivity index (χ0) is 16.6. The van der Waals surface area contributed by atoms with Crippen LogP contribution in [0.25, 0.3) is 0 Å². The number of carbonyl (C=O) groups excluding carboxylic acids is 3. The van der Waals surface area contributed by atoms with Crippen molar-refractivity contribution < 1.29 is 14.4 Å². The van der Waals surface area contributed by atoms with Gasteiger partial charge in [0.1, 0.15) is 6.04 Å². The molecule has 1 fully saturated rings. The van der Waals surface area contributed by atoms with Crippen molar-refractivity contribution in [2.75, 3.05) is 24.5 Å². The third-order valence-electron chi connectivity index (χ3n) is 4.28. The van der Waals surface area contributed by atoms with Crippen molar-refractivity contribution >= 4 is 39.3 Å². The van der Waals surface area contributed by atoms with Crippen molar-refractivity contribution in [3.63, 3.8) is 0 Å². The lowest BCUT2D eigenvalue weighted by Gasteiger charge is -2.18. The van der Waals surface area contributed by atoms with Gasteiger partial charge in [0.05, 0.1) is 0 Å². The van der Waals surface area contributed by atoms with E-state index in [2.05, 4.69) is 21.2 Å². The fraction of sp³-hybridized carbons (Fsp3) is 0.438. The van der Waals surface area contributed by atoms with E-state index in [-0.39, 0.29) is 5.91 Å². The maximum Gasteiger partial charge on any atom is 0.311 e. The van der Waals surface area contributed by atoms with Crippen molar-refractivity contribution in [3.8, 4) is 0 Å². The number of likely N-dealkylation sites (tertiary alicyclic amines) is 1. The molecule has 0 aromatic heterocycles. The molecule has 1 N–H and O–H groups in total. The molecule has 1 aromatic carbocycles. The molecule has 6 nitrogen and oxygen atoms in total. The van der Waals surface area contributed by atoms with Crippen molar-refractivity contribution in [1.82, 2.24) is 10.2 Å². The van der Waals surface area contributed by atoms with Gasteiger partial charge < -0.3 is 15.1 Å². The molecule has 3 amide bonds. The second-order valence-electron chi connectivity index (χ2n) is 5.69. The molecule has 0 radical (unpaired) electrons. The standard InChI is InChI=1S/C16H18BrN3O3/c1-2-20-12-6-5-10(17)9-11(12)13(15(20)22)18-14(21)16(23)19-7-3-4-8-19/h5-6,9,13H,2-4,7-8H2,1H3,(H,18,21). The highest BCUT2D eigenvalue weighted by molar-refractivity contribution is 9.10. The summed E-state index contributed by atoms with van der Waals surface area (Å²) in [5.74, 6) is -1.47. The Kier molecular flexibility index (Phi) is 4.39. The smallest absolute Gasteiger partial charge is 0.311 e. The largest absolute Gasteiger partial charge is 0.334 e. The number of anilines is 1. The van der Waals surface area contributed by atoms with Crippen LogP contribution in [0.4, 0.5) is 5.69 Å². The summed E-state index contributed by atoms with van der Waals surface area (Å²) in [6, 6.07) is 4.71. The molecule has 0 bridgehead atoms. The van der Waals surface area contributed by atoms with Crippen LogP contribution in [0.5, 0.6) is 0 Å². The molecule has 122 valence electrons. The van der Waals surface area contributed by atoms with Crippen LogP contribution >= 0.6 is 15.9 Å². The fourth-order valence-electron chi connectivity index (χ4n) is 3.13. The Hall–Kier alpha value is -1.89. The van der Waals surface area contributed by atoms with Crippen LogP contribution in [0.2, 0.25) is 0 Å². The average molecular weight is 380 g/mol. The molecule has 0 saturated carbocycles. The van der Waals surface area contributed by atoms with Gasteiger partial charge in [-0.05, 0) is 38.0 Å². The summed E-state index contributed by atoms with van der Waals surface area (Å²) in [6.45, 7) is 3.60. The Balaban J connectivity index is 1.82. The van der Waals surface area contributed by atoms with Crippen LogP contribution in [0.15, 0.2) is 22.7 Å². The molecule has 7 heteroatoms. The van der Waals surface area contributed by atoms with Crippen LogP contribution in [0, 0.1) is 0 Å². The predicted molar refractivity (Wildman–Crippen MR) is 88.9 cm³/mol. The van der Waals surface area contributed by atoms with Gasteiger partial charge in [0.25, 0.3) is 5.91 Å². The molecule has 1 unspecified atom stereocenters. The Labute approximate surface area is 142 Å². The zero-order valence-corrected chi connectivity index (χ0v) is 14.4. The van der Waals surface area contributed by atoms with E-state index in [1.165, 1.54) is 4.90 Å². The molecular formula is C16H18BrN3O3. The van der Waals surface area contributed by atoms with Gasteiger partial charge in [-0.3, -0.25) is 14.4 Å². The fourth-order valence-corrected chi connectivity index (χ4v) is 3.51. The van der Waals surface area contributed by atoms with Crippen LogP contribution in [-0.4, -0.2) is 42.3 Å². The van der Waals surface area contributed by atoms with E-state index in [1.807, 2.05) is 25.1 Å². The minimum atomic E-state index is -0.804. The van der Waals surface area contributed by atoms with Gasteiger partial charge in [0, 0.05) is 35.4 Å². The van der Waals surface area contributed by atoms with Gasteiger partial charge >= 0.3 is 11.8 Å². The summed E-state index contributed by atoms with van der Waals surface area (Å²) in [6.07, 6.45) is 1.83. The maximum atomic E-state index is 12.6. The number of rotatable bonds is 2. The average Bonchev–Trinajstić information content (AvgIpc) is 3.15. The van der Waals surface area contributed by atoms with Crippen molar-refractivity contribution in [2.45, 2.75) is 25.8 Å². The van der Waals surface area contributed by atoms with Gasteiger partial charge in [-0.1, -0.05) is 15.9 Å². The molecule has 0 aliphatic carbocycles. The summed E-state index contributed by atoms with van der Waals surface area (Å²) in [7, 11) is 0. The Morgan fingerprint density at radius 2 is 2.00 bits per heavy atom. The molecule has 1 aromatic rings. The molecule has 1 saturated heterocycles. The summed E-state index contributed by atoms with van der Waals surface area (Å²) < 4.78 is 0.826. The zero-order valence-electron chi connectivity index (χ0n) is 12.8. The lowest BCUT2D eigenvalue weighted by atomic mass is 10.1. The molecule has 2 aliphatic heterocycles. The highest BCUT2D eigenvalue weighted by atomic mass is 79.9. The number of hydrogen-bond acceptors (Lipinski definition) is 3. The van der Waals surface area contributed by atoms with Crippen molar-refractivity contribution in [2.24, 2.45) is 0 Å². The van der Waals surface area contributed by atoms with Gasteiger partial charge in [-0.25, -0.2) is 0 Å². The van der Waals surface area contributed by atoms with Gasteiger partial charge in [0.2, 0.25) is 0 Å². The molecule has 3 rings (SSSR count). The summed E-state index contributed by atoms with van der Waals surface area (Å²) in [4.78, 5) is 40.1. The highest BCUT2D eigenvalue weighted by Gasteiger charge is 2.39. The van der Waals surface area contributed by atoms with Crippen molar-refractivity contribution in [1.29, 1.82) is 0 Å². The number of hydrogen-bond donors (Lipinski definition) is 1. The van der Waals surface area contributed by atoms with E-state index in [0.717, 1.165) is 23.0 Å². The number of benzene rings is 1. The topological polar surface area (TPSA) is 69.7 Å². The van der Waals surface area contributed by atoms with Gasteiger partial charge in [-0.2, -0.15) is 0 Å². The number of halogens is 1. The van der Waals surface area contributed by atoms with Crippen LogP contribution < -0.4 is 10.2 Å². The SMILES string of the molecule is CCN1C(=O)C(NC(=O)C(=O)N2CCCC2)c2cc(Br)ccc21. The van der Waals surface area contributed by atoms with Crippen molar-refractivity contribution in [3.05, 3.63) is 28.2 Å². The van der Waals surface area contributed by atoms with Crippen LogP contribution in [0.3, 0.4) is 0 Å². The Bertz CT molecular complexity index is 671. The molecule has 1 atom stereocenters. The van der Waals surface area contributed by atoms with Gasteiger partial charge in [-0.15, -0.1) is 0 Å². The maximum absolute atomic E-state index is 12.6. The predicted octanol–water partition coefficient (Wildman–Crippen LogP) is 1.60. The number of likely N-dealkylation sites (N-methyl/N-ethyl adjacent to an activating group) is 1. The van der Waals surface area contributed by atoms with Gasteiger partial charge in [0.15, 0.2) is 0 Å². The molecule has 2 aliphatic rings. The first-order valence-electron chi connectivity index (χ1n) is 7.73. The first-order valence-corrected chi connectivity index (χ1v) is 8.53. The Morgan fingerprint density at radius 1 is 1.30 bits per heavy atom. The van der Waals surface area contributed by atoms with E-state index in [0.29, 0.717) is 25.2 Å². The monoisotopic (exact) mass is 379 g/mol.